The normalized spacial score (nSPS) is 11.4. The first-order chi connectivity index (χ1) is 15.9. The smallest absolute Gasteiger partial charge is 0.262 e. The number of aryl methyl sites for hydroxylation is 1. The van der Waals surface area contributed by atoms with Gasteiger partial charge in [-0.25, -0.2) is 8.42 Å². The summed E-state index contributed by atoms with van der Waals surface area (Å²) >= 11 is 0. The Bertz CT molecular complexity index is 1130. The first-order valence-electron chi connectivity index (χ1n) is 11.0. The lowest BCUT2D eigenvalue weighted by molar-refractivity contribution is -0.118. The van der Waals surface area contributed by atoms with Crippen molar-refractivity contribution in [2.45, 2.75) is 37.6 Å². The van der Waals surface area contributed by atoms with Crippen LogP contribution in [0.3, 0.4) is 0 Å². The van der Waals surface area contributed by atoms with E-state index in [2.05, 4.69) is 12.2 Å². The van der Waals surface area contributed by atoms with E-state index in [1.165, 1.54) is 22.0 Å². The molecule has 3 rings (SSSR count). The molecule has 0 aliphatic carbocycles. The molecule has 7 heteroatoms. The highest BCUT2D eigenvalue weighted by atomic mass is 32.2. The lowest BCUT2D eigenvalue weighted by Gasteiger charge is -2.17. The first kappa shape index (κ1) is 24.5. The number of hydrogen-bond acceptors (Lipinski definition) is 4. The molecule has 0 spiro atoms. The summed E-state index contributed by atoms with van der Waals surface area (Å²) in [5.41, 5.74) is 2.87. The van der Waals surface area contributed by atoms with E-state index in [1.807, 2.05) is 54.6 Å². The minimum Gasteiger partial charge on any atom is -0.484 e. The fourth-order valence-electron chi connectivity index (χ4n) is 3.29. The third kappa shape index (κ3) is 7.17. The van der Waals surface area contributed by atoms with Crippen molar-refractivity contribution in [2.24, 2.45) is 0 Å². The van der Waals surface area contributed by atoms with Crippen LogP contribution in [0.2, 0.25) is 0 Å². The topological polar surface area (TPSA) is 75.7 Å². The van der Waals surface area contributed by atoms with Crippen LogP contribution < -0.4 is 10.1 Å². The molecule has 0 aliphatic rings. The van der Waals surface area contributed by atoms with Crippen LogP contribution in [0.4, 0.5) is 5.69 Å². The van der Waals surface area contributed by atoms with Gasteiger partial charge in [-0.05, 0) is 60.4 Å². The summed E-state index contributed by atoms with van der Waals surface area (Å²) in [4.78, 5) is 12.4. The molecule has 0 fully saturated rings. The zero-order valence-corrected chi connectivity index (χ0v) is 19.8. The highest BCUT2D eigenvalue weighted by Gasteiger charge is 2.21. The average molecular weight is 467 g/mol. The van der Waals surface area contributed by atoms with E-state index in [4.69, 9.17) is 4.74 Å². The summed E-state index contributed by atoms with van der Waals surface area (Å²) in [6, 6.07) is 23.3. The number of carbonyl (C=O) groups excluding carboxylic acids is 1. The number of benzene rings is 3. The summed E-state index contributed by atoms with van der Waals surface area (Å²) < 4.78 is 32.5. The number of hydrogen-bond donors (Lipinski definition) is 1. The third-order valence-corrected chi connectivity index (χ3v) is 7.02. The Balaban J connectivity index is 1.52. The molecule has 0 aromatic heterocycles. The Labute approximate surface area is 196 Å². The van der Waals surface area contributed by atoms with Crippen molar-refractivity contribution in [3.05, 3.63) is 90.0 Å². The Morgan fingerprint density at radius 2 is 1.58 bits per heavy atom. The second-order valence-electron chi connectivity index (χ2n) is 7.86. The minimum absolute atomic E-state index is 0.167. The van der Waals surface area contributed by atoms with Gasteiger partial charge in [0.05, 0.1) is 4.90 Å². The molecule has 0 saturated carbocycles. The molecule has 6 nitrogen and oxygen atoms in total. The van der Waals surface area contributed by atoms with Gasteiger partial charge in [0.25, 0.3) is 5.91 Å². The summed E-state index contributed by atoms with van der Waals surface area (Å²) in [6.45, 7) is 2.27. The van der Waals surface area contributed by atoms with Crippen LogP contribution in [0.1, 0.15) is 30.9 Å². The molecule has 0 unspecified atom stereocenters. The van der Waals surface area contributed by atoms with E-state index in [0.717, 1.165) is 24.8 Å². The van der Waals surface area contributed by atoms with Crippen molar-refractivity contribution >= 4 is 21.6 Å². The third-order valence-electron chi connectivity index (χ3n) is 5.21. The van der Waals surface area contributed by atoms with Crippen molar-refractivity contribution in [1.29, 1.82) is 0 Å². The Hall–Kier alpha value is -3.16. The molecule has 1 N–H and O–H groups in total. The Morgan fingerprint density at radius 3 is 2.21 bits per heavy atom. The molecule has 174 valence electrons. The summed E-state index contributed by atoms with van der Waals surface area (Å²) in [7, 11) is -2.09. The van der Waals surface area contributed by atoms with Crippen LogP contribution >= 0.6 is 0 Å². The Morgan fingerprint density at radius 1 is 0.909 bits per heavy atom. The van der Waals surface area contributed by atoms with Crippen LogP contribution in [-0.4, -0.2) is 32.3 Å². The molecule has 0 saturated heterocycles. The fourth-order valence-corrected chi connectivity index (χ4v) is 4.45. The molecule has 3 aromatic carbocycles. The number of ether oxygens (including phenoxy) is 1. The van der Waals surface area contributed by atoms with Gasteiger partial charge in [0.2, 0.25) is 10.0 Å². The number of rotatable bonds is 11. The summed E-state index contributed by atoms with van der Waals surface area (Å²) in [6.07, 6.45) is 3.32. The fraction of sp³-hybridized carbons (Fsp3) is 0.269. The van der Waals surface area contributed by atoms with Crippen LogP contribution in [0.25, 0.3) is 0 Å². The van der Waals surface area contributed by atoms with Crippen molar-refractivity contribution < 1.29 is 17.9 Å². The molecular weight excluding hydrogens is 436 g/mol. The second-order valence-corrected chi connectivity index (χ2v) is 9.90. The maximum atomic E-state index is 12.8. The maximum absolute atomic E-state index is 12.8. The predicted octanol–water partition coefficient (Wildman–Crippen LogP) is 4.87. The number of carbonyl (C=O) groups is 1. The van der Waals surface area contributed by atoms with Crippen LogP contribution in [-0.2, 0) is 27.8 Å². The van der Waals surface area contributed by atoms with Gasteiger partial charge in [0.15, 0.2) is 6.61 Å². The van der Waals surface area contributed by atoms with Crippen molar-refractivity contribution in [3.8, 4) is 5.75 Å². The minimum atomic E-state index is -3.64. The van der Waals surface area contributed by atoms with E-state index in [-0.39, 0.29) is 24.0 Å². The molecule has 0 atom stereocenters. The van der Waals surface area contributed by atoms with Crippen LogP contribution in [0.5, 0.6) is 5.75 Å². The quantitative estimate of drug-likeness (QED) is 0.438. The second kappa shape index (κ2) is 11.6. The van der Waals surface area contributed by atoms with Crippen molar-refractivity contribution in [2.75, 3.05) is 19.0 Å². The van der Waals surface area contributed by atoms with E-state index < -0.39 is 10.0 Å². The predicted molar refractivity (Wildman–Crippen MR) is 131 cm³/mol. The standard InChI is InChI=1S/C26H30N2O4S/c1-3-4-8-21-11-13-23(14-12-21)27-26(29)20-32-24-15-17-25(18-16-24)33(30,31)28(2)19-22-9-6-5-7-10-22/h5-7,9-18H,3-4,8,19-20H2,1-2H3,(H,27,29). The van der Waals surface area contributed by atoms with Crippen LogP contribution in [0, 0.1) is 0 Å². The molecule has 3 aromatic rings. The largest absolute Gasteiger partial charge is 0.484 e. The number of nitrogens with one attached hydrogen (secondary N) is 1. The number of amides is 1. The molecular formula is C26H30N2O4S. The highest BCUT2D eigenvalue weighted by Crippen LogP contribution is 2.20. The van der Waals surface area contributed by atoms with Gasteiger partial charge in [-0.3, -0.25) is 4.79 Å². The molecule has 0 bridgehead atoms. The van der Waals surface area contributed by atoms with Crippen molar-refractivity contribution in [1.82, 2.24) is 4.31 Å². The first-order valence-corrected chi connectivity index (χ1v) is 12.4. The number of unbranched alkanes of at least 4 members (excludes halogenated alkanes) is 1. The molecule has 1 amide bonds. The van der Waals surface area contributed by atoms with Gasteiger partial charge in [-0.15, -0.1) is 0 Å². The van der Waals surface area contributed by atoms with E-state index in [1.54, 1.807) is 19.2 Å². The van der Waals surface area contributed by atoms with Gasteiger partial charge in [0.1, 0.15) is 5.75 Å². The Kier molecular flexibility index (Phi) is 8.63. The van der Waals surface area contributed by atoms with Gasteiger partial charge in [-0.1, -0.05) is 55.8 Å². The van der Waals surface area contributed by atoms with E-state index in [0.29, 0.717) is 11.4 Å². The SMILES string of the molecule is CCCCc1ccc(NC(=O)COc2ccc(S(=O)(=O)N(C)Cc3ccccc3)cc2)cc1. The number of nitrogens with zero attached hydrogens (tertiary/aromatic N) is 1. The monoisotopic (exact) mass is 466 g/mol. The van der Waals surface area contributed by atoms with E-state index in [9.17, 15) is 13.2 Å². The molecule has 0 aliphatic heterocycles. The van der Waals surface area contributed by atoms with Crippen LogP contribution in [0.15, 0.2) is 83.8 Å². The molecule has 0 heterocycles. The number of sulfonamides is 1. The maximum Gasteiger partial charge on any atom is 0.262 e. The molecule has 0 radical (unpaired) electrons. The van der Waals surface area contributed by atoms with Gasteiger partial charge >= 0.3 is 0 Å². The highest BCUT2D eigenvalue weighted by molar-refractivity contribution is 7.89. The van der Waals surface area contributed by atoms with Gasteiger partial charge in [0, 0.05) is 19.3 Å². The zero-order valence-electron chi connectivity index (χ0n) is 19.0. The van der Waals surface area contributed by atoms with Gasteiger partial charge < -0.3 is 10.1 Å². The summed E-state index contributed by atoms with van der Waals surface area (Å²) in [5, 5.41) is 2.80. The average Bonchev–Trinajstić information content (AvgIpc) is 2.83. The van der Waals surface area contributed by atoms with E-state index >= 15 is 0 Å². The molecule has 33 heavy (non-hydrogen) atoms. The summed E-state index contributed by atoms with van der Waals surface area (Å²) in [5.74, 6) is 0.139. The van der Waals surface area contributed by atoms with Gasteiger partial charge in [-0.2, -0.15) is 4.31 Å². The zero-order chi connectivity index (χ0) is 23.7. The lowest BCUT2D eigenvalue weighted by atomic mass is 10.1. The lowest BCUT2D eigenvalue weighted by Crippen LogP contribution is -2.26. The van der Waals surface area contributed by atoms with Crippen molar-refractivity contribution in [3.63, 3.8) is 0 Å². The number of anilines is 1.